The zero-order valence-corrected chi connectivity index (χ0v) is 18.1. The molecule has 0 radical (unpaired) electrons. The summed E-state index contributed by atoms with van der Waals surface area (Å²) in [5.41, 5.74) is 6.41. The second-order valence-electron chi connectivity index (χ2n) is 7.25. The van der Waals surface area contributed by atoms with Crippen LogP contribution >= 0.6 is 0 Å². The van der Waals surface area contributed by atoms with Gasteiger partial charge < -0.3 is 9.47 Å². The lowest BCUT2D eigenvalue weighted by Crippen LogP contribution is -2.43. The van der Waals surface area contributed by atoms with Crippen molar-refractivity contribution in [2.75, 3.05) is 13.2 Å². The Bertz CT molecular complexity index is 788. The van der Waals surface area contributed by atoms with Gasteiger partial charge in [0.2, 0.25) is 0 Å². The molecule has 0 spiro atoms. The van der Waals surface area contributed by atoms with Crippen molar-refractivity contribution in [1.29, 1.82) is 0 Å². The summed E-state index contributed by atoms with van der Waals surface area (Å²) < 4.78 is 11.1. The van der Waals surface area contributed by atoms with Crippen molar-refractivity contribution in [2.24, 2.45) is 0 Å². The molecule has 0 aliphatic heterocycles. The molecule has 0 aliphatic carbocycles. The molecule has 0 heterocycles. The lowest BCUT2D eigenvalue weighted by atomic mass is 9.99. The van der Waals surface area contributed by atoms with E-state index < -0.39 is 11.8 Å². The number of rotatable bonds is 11. The molecule has 2 aromatic carbocycles. The van der Waals surface area contributed by atoms with Gasteiger partial charge in [0.25, 0.3) is 11.8 Å². The van der Waals surface area contributed by atoms with Crippen LogP contribution in [0.1, 0.15) is 68.3 Å². The van der Waals surface area contributed by atoms with Crippen molar-refractivity contribution >= 4 is 11.8 Å². The summed E-state index contributed by atoms with van der Waals surface area (Å²) in [4.78, 5) is 24.1. The van der Waals surface area contributed by atoms with Crippen LogP contribution in [0.4, 0.5) is 0 Å². The van der Waals surface area contributed by atoms with E-state index in [2.05, 4.69) is 31.6 Å². The Balaban J connectivity index is 1.71. The Morgan fingerprint density at radius 2 is 1.50 bits per heavy atom. The molecule has 0 saturated heterocycles. The van der Waals surface area contributed by atoms with Crippen molar-refractivity contribution in [1.82, 2.24) is 10.9 Å². The smallest absolute Gasteiger partial charge is 0.276 e. The third kappa shape index (κ3) is 7.78. The molecule has 0 saturated carbocycles. The van der Waals surface area contributed by atoms with Gasteiger partial charge >= 0.3 is 0 Å². The van der Waals surface area contributed by atoms with Gasteiger partial charge in [-0.15, -0.1) is 0 Å². The van der Waals surface area contributed by atoms with Crippen LogP contribution < -0.4 is 20.3 Å². The quantitative estimate of drug-likeness (QED) is 0.417. The maximum Gasteiger partial charge on any atom is 0.276 e. The summed E-state index contributed by atoms with van der Waals surface area (Å²) in [5, 5.41) is 0. The number of unbranched alkanes of at least 4 members (excludes halogenated alkanes) is 2. The summed E-state index contributed by atoms with van der Waals surface area (Å²) in [6, 6.07) is 14.5. The van der Waals surface area contributed by atoms with Crippen LogP contribution in [0.5, 0.6) is 11.5 Å². The maximum atomic E-state index is 12.2. The van der Waals surface area contributed by atoms with Crippen molar-refractivity contribution in [3.8, 4) is 11.5 Å². The van der Waals surface area contributed by atoms with E-state index in [9.17, 15) is 9.59 Å². The minimum absolute atomic E-state index is 0.187. The molecule has 0 aliphatic rings. The number of benzene rings is 2. The van der Waals surface area contributed by atoms with E-state index in [-0.39, 0.29) is 6.61 Å². The Labute approximate surface area is 178 Å². The maximum absolute atomic E-state index is 12.2. The predicted octanol–water partition coefficient (Wildman–Crippen LogP) is 4.61. The highest BCUT2D eigenvalue weighted by atomic mass is 16.5. The Hall–Kier alpha value is -3.02. The van der Waals surface area contributed by atoms with Gasteiger partial charge in [-0.3, -0.25) is 20.4 Å². The van der Waals surface area contributed by atoms with Gasteiger partial charge in [-0.1, -0.05) is 45.7 Å². The van der Waals surface area contributed by atoms with E-state index in [0.29, 0.717) is 23.8 Å². The first-order valence-electron chi connectivity index (χ1n) is 10.6. The number of ether oxygens (including phenoxy) is 2. The molecule has 1 atom stereocenters. The van der Waals surface area contributed by atoms with E-state index in [0.717, 1.165) is 31.4 Å². The van der Waals surface area contributed by atoms with E-state index in [1.54, 1.807) is 24.3 Å². The summed E-state index contributed by atoms with van der Waals surface area (Å²) >= 11 is 0. The number of hydrazine groups is 1. The number of hydrogen-bond acceptors (Lipinski definition) is 4. The molecule has 0 unspecified atom stereocenters. The highest BCUT2D eigenvalue weighted by molar-refractivity contribution is 5.95. The summed E-state index contributed by atoms with van der Waals surface area (Å²) in [6.07, 6.45) is 4.35. The molecule has 2 amide bonds. The van der Waals surface area contributed by atoms with Crippen LogP contribution in [0.3, 0.4) is 0 Å². The van der Waals surface area contributed by atoms with Crippen LogP contribution in [-0.4, -0.2) is 25.0 Å². The van der Waals surface area contributed by atoms with Crippen LogP contribution in [0.15, 0.2) is 48.5 Å². The average molecular weight is 413 g/mol. The fraction of sp³-hybridized carbons (Fsp3) is 0.417. The number of amides is 2. The minimum Gasteiger partial charge on any atom is -0.494 e. The minimum atomic E-state index is -0.440. The molecule has 30 heavy (non-hydrogen) atoms. The van der Waals surface area contributed by atoms with Crippen molar-refractivity contribution in [2.45, 2.75) is 52.4 Å². The molecule has 6 heteroatoms. The Kier molecular flexibility index (Phi) is 9.71. The standard InChI is InChI=1S/C24H32N2O4/c1-4-6-7-16-29-21-14-10-20(11-15-21)24(28)26-25-23(27)17-30-22-12-8-19(9-13-22)18(3)5-2/h8-15,18H,4-7,16-17H2,1-3H3,(H,25,27)(H,26,28)/t18-/m1/s1. The van der Waals surface area contributed by atoms with Gasteiger partial charge in [0.1, 0.15) is 11.5 Å². The first-order chi connectivity index (χ1) is 14.5. The lowest BCUT2D eigenvalue weighted by Gasteiger charge is -2.11. The Morgan fingerprint density at radius 1 is 0.867 bits per heavy atom. The number of carbonyl (C=O) groups excluding carboxylic acids is 2. The van der Waals surface area contributed by atoms with Crippen molar-refractivity contribution < 1.29 is 19.1 Å². The molecule has 6 nitrogen and oxygen atoms in total. The molecule has 2 N–H and O–H groups in total. The monoisotopic (exact) mass is 412 g/mol. The normalized spacial score (nSPS) is 11.4. The van der Waals surface area contributed by atoms with Crippen molar-refractivity contribution in [3.63, 3.8) is 0 Å². The number of hydrogen-bond donors (Lipinski definition) is 2. The Morgan fingerprint density at radius 3 is 2.13 bits per heavy atom. The highest BCUT2D eigenvalue weighted by Crippen LogP contribution is 2.21. The van der Waals surface area contributed by atoms with E-state index in [1.165, 1.54) is 5.56 Å². The van der Waals surface area contributed by atoms with Gasteiger partial charge in [0.15, 0.2) is 6.61 Å². The molecule has 2 aromatic rings. The summed E-state index contributed by atoms with van der Waals surface area (Å²) in [5.74, 6) is 0.973. The zero-order valence-electron chi connectivity index (χ0n) is 18.1. The van der Waals surface area contributed by atoms with Gasteiger partial charge in [-0.05, 0) is 60.7 Å². The number of carbonyl (C=O) groups is 2. The SMILES string of the molecule is CCCCCOc1ccc(C(=O)NNC(=O)COc2ccc([C@H](C)CC)cc2)cc1. The summed E-state index contributed by atoms with van der Waals surface area (Å²) in [6.45, 7) is 6.93. The summed E-state index contributed by atoms with van der Waals surface area (Å²) in [7, 11) is 0. The molecule has 0 aromatic heterocycles. The predicted molar refractivity (Wildman–Crippen MR) is 118 cm³/mol. The molecular formula is C24H32N2O4. The molecule has 2 rings (SSSR count). The second kappa shape index (κ2) is 12.5. The van der Waals surface area contributed by atoms with Crippen LogP contribution in [0.2, 0.25) is 0 Å². The van der Waals surface area contributed by atoms with Crippen LogP contribution in [0, 0.1) is 0 Å². The lowest BCUT2D eigenvalue weighted by molar-refractivity contribution is -0.123. The largest absolute Gasteiger partial charge is 0.494 e. The highest BCUT2D eigenvalue weighted by Gasteiger charge is 2.09. The number of nitrogens with one attached hydrogen (secondary N) is 2. The van der Waals surface area contributed by atoms with Crippen molar-refractivity contribution in [3.05, 3.63) is 59.7 Å². The van der Waals surface area contributed by atoms with E-state index in [4.69, 9.17) is 9.47 Å². The fourth-order valence-electron chi connectivity index (χ4n) is 2.76. The zero-order chi connectivity index (χ0) is 21.8. The second-order valence-corrected chi connectivity index (χ2v) is 7.25. The first-order valence-corrected chi connectivity index (χ1v) is 10.6. The van der Waals surface area contributed by atoms with E-state index >= 15 is 0 Å². The molecule has 162 valence electrons. The molecular weight excluding hydrogens is 380 g/mol. The molecule has 0 fully saturated rings. The van der Waals surface area contributed by atoms with Gasteiger partial charge in [-0.25, -0.2) is 0 Å². The molecule has 0 bridgehead atoms. The van der Waals surface area contributed by atoms with Crippen LogP contribution in [0.25, 0.3) is 0 Å². The van der Waals surface area contributed by atoms with Crippen LogP contribution in [-0.2, 0) is 4.79 Å². The van der Waals surface area contributed by atoms with E-state index in [1.807, 2.05) is 24.3 Å². The topological polar surface area (TPSA) is 76.7 Å². The third-order valence-electron chi connectivity index (χ3n) is 4.88. The first kappa shape index (κ1) is 23.3. The fourth-order valence-corrected chi connectivity index (χ4v) is 2.76. The van der Waals surface area contributed by atoms with Gasteiger partial charge in [0, 0.05) is 5.56 Å². The van der Waals surface area contributed by atoms with Gasteiger partial charge in [-0.2, -0.15) is 0 Å². The third-order valence-corrected chi connectivity index (χ3v) is 4.88. The average Bonchev–Trinajstić information content (AvgIpc) is 2.79. The van der Waals surface area contributed by atoms with Gasteiger partial charge in [0.05, 0.1) is 6.61 Å².